The largest absolute Gasteiger partial charge is 0.503 e. The van der Waals surface area contributed by atoms with Crippen LogP contribution in [0.4, 0.5) is 9.52 Å². The molecule has 3 heterocycles. The van der Waals surface area contributed by atoms with Gasteiger partial charge < -0.3 is 15.6 Å². The van der Waals surface area contributed by atoms with Crippen molar-refractivity contribution in [3.63, 3.8) is 0 Å². The van der Waals surface area contributed by atoms with Crippen LogP contribution in [0.5, 0.6) is 5.75 Å². The van der Waals surface area contributed by atoms with Gasteiger partial charge in [0, 0.05) is 5.75 Å². The molecule has 0 aliphatic carbocycles. The fourth-order valence-corrected chi connectivity index (χ4v) is 6.96. The molecular formula is C27H22FN5O5S3. The number of primary amides is 1. The van der Waals surface area contributed by atoms with Gasteiger partial charge in [0.1, 0.15) is 11.6 Å². The highest BCUT2D eigenvalue weighted by Gasteiger charge is 2.46. The number of aromatic nitrogens is 3. The molecule has 0 fully saturated rings. The number of aliphatic hydroxyl groups excluding tert-OH is 1. The number of benzene rings is 2. The highest BCUT2D eigenvalue weighted by atomic mass is 32.2. The van der Waals surface area contributed by atoms with Gasteiger partial charge in [0.2, 0.25) is 10.9 Å². The normalized spacial score (nSPS) is 15.0. The minimum atomic E-state index is -1.04. The minimum Gasteiger partial charge on any atom is -0.503 e. The maximum atomic E-state index is 14.1. The summed E-state index contributed by atoms with van der Waals surface area (Å²) in [6.07, 6.45) is 0. The second-order valence-electron chi connectivity index (χ2n) is 8.87. The van der Waals surface area contributed by atoms with Gasteiger partial charge in [0.25, 0.3) is 11.8 Å². The molecule has 0 spiro atoms. The molecule has 210 valence electrons. The average molecular weight is 612 g/mol. The van der Waals surface area contributed by atoms with E-state index in [0.717, 1.165) is 11.3 Å². The Morgan fingerprint density at radius 1 is 1.12 bits per heavy atom. The molecule has 2 aromatic heterocycles. The molecule has 2 amide bonds. The van der Waals surface area contributed by atoms with Gasteiger partial charge in [-0.25, -0.2) is 9.37 Å². The number of carbonyl (C=O) groups excluding carboxylic acids is 3. The molecule has 4 aromatic rings. The fourth-order valence-electron chi connectivity index (χ4n) is 4.23. The van der Waals surface area contributed by atoms with Crippen LogP contribution < -0.4 is 15.4 Å². The number of rotatable bonds is 10. The van der Waals surface area contributed by atoms with Crippen LogP contribution in [0.2, 0.25) is 0 Å². The van der Waals surface area contributed by atoms with Gasteiger partial charge in [-0.15, -0.1) is 21.5 Å². The summed E-state index contributed by atoms with van der Waals surface area (Å²) >= 11 is 3.50. The number of ketones is 1. The first-order chi connectivity index (χ1) is 19.6. The molecule has 0 saturated heterocycles. The Hall–Kier alpha value is -4.14. The predicted octanol–water partition coefficient (Wildman–Crippen LogP) is 4.69. The Kier molecular flexibility index (Phi) is 8.15. The van der Waals surface area contributed by atoms with E-state index in [-0.39, 0.29) is 23.1 Å². The Morgan fingerprint density at radius 2 is 1.85 bits per heavy atom. The van der Waals surface area contributed by atoms with Gasteiger partial charge in [-0.1, -0.05) is 53.4 Å². The van der Waals surface area contributed by atoms with Gasteiger partial charge in [-0.2, -0.15) is 0 Å². The van der Waals surface area contributed by atoms with Gasteiger partial charge in [-0.05, 0) is 43.2 Å². The first-order valence-corrected chi connectivity index (χ1v) is 14.7. The number of ether oxygens (including phenoxy) is 1. The van der Waals surface area contributed by atoms with Crippen molar-refractivity contribution >= 4 is 57.2 Å². The molecule has 41 heavy (non-hydrogen) atoms. The first kappa shape index (κ1) is 28.4. The molecule has 3 N–H and O–H groups in total. The van der Waals surface area contributed by atoms with E-state index in [1.807, 2.05) is 0 Å². The van der Waals surface area contributed by atoms with Gasteiger partial charge in [0.05, 0.1) is 27.2 Å². The minimum absolute atomic E-state index is 0.122. The molecule has 10 nitrogen and oxygen atoms in total. The number of hydrogen-bond acceptors (Lipinski definition) is 11. The smallest absolute Gasteiger partial charge is 0.296 e. The van der Waals surface area contributed by atoms with Crippen molar-refractivity contribution in [2.45, 2.75) is 30.0 Å². The van der Waals surface area contributed by atoms with Crippen molar-refractivity contribution in [1.29, 1.82) is 0 Å². The zero-order valence-electron chi connectivity index (χ0n) is 21.7. The molecule has 14 heteroatoms. The number of aliphatic hydroxyl groups is 1. The summed E-state index contributed by atoms with van der Waals surface area (Å²) in [5, 5.41) is 20.2. The third-order valence-electron chi connectivity index (χ3n) is 6.05. The lowest BCUT2D eigenvalue weighted by atomic mass is 9.95. The van der Waals surface area contributed by atoms with Gasteiger partial charge in [-0.3, -0.25) is 19.3 Å². The number of aryl methyl sites for hydroxylation is 2. The van der Waals surface area contributed by atoms with Gasteiger partial charge in [0.15, 0.2) is 16.7 Å². The number of nitrogens with two attached hydrogens (primary N) is 1. The molecule has 1 atom stereocenters. The Morgan fingerprint density at radius 3 is 2.51 bits per heavy atom. The van der Waals surface area contributed by atoms with Crippen LogP contribution in [0.15, 0.2) is 64.2 Å². The summed E-state index contributed by atoms with van der Waals surface area (Å²) in [6.45, 7) is 3.13. The van der Waals surface area contributed by atoms with Gasteiger partial charge >= 0.3 is 0 Å². The standard InChI is InChI=1S/C27H22FN5O5S3/c1-13-24(40-14(2)30-13)22(35)20-21(15-7-9-17(10-8-15)38-11-19(29)34)33(25(37)23(20)36)26-31-32-27(41-26)39-12-16-5-3-4-6-18(16)28/h3-10,21,36H,11-12H2,1-2H3,(H2,29,34). The SMILES string of the molecule is Cc1nc(C)c(C(=O)C2=C(O)C(=O)N(c3nnc(SCc4ccccc4F)s3)C2c2ccc(OCC(N)=O)cc2)s1. The number of anilines is 1. The van der Waals surface area contributed by atoms with E-state index in [1.165, 1.54) is 34.1 Å². The molecule has 2 aromatic carbocycles. The summed E-state index contributed by atoms with van der Waals surface area (Å²) < 4.78 is 19.9. The van der Waals surface area contributed by atoms with Crippen molar-refractivity contribution in [1.82, 2.24) is 15.2 Å². The van der Waals surface area contributed by atoms with E-state index in [4.69, 9.17) is 10.5 Å². The highest BCUT2D eigenvalue weighted by Crippen LogP contribution is 2.44. The van der Waals surface area contributed by atoms with Crippen LogP contribution >= 0.6 is 34.4 Å². The molecule has 1 unspecified atom stereocenters. The first-order valence-electron chi connectivity index (χ1n) is 12.1. The quantitative estimate of drug-likeness (QED) is 0.148. The van der Waals surface area contributed by atoms with Crippen molar-refractivity contribution < 1.29 is 28.6 Å². The van der Waals surface area contributed by atoms with Crippen LogP contribution in [0.1, 0.15) is 37.5 Å². The number of thioether (sulfide) groups is 1. The van der Waals surface area contributed by atoms with E-state index in [2.05, 4.69) is 15.2 Å². The Labute approximate surface area is 245 Å². The molecule has 0 saturated carbocycles. The lowest BCUT2D eigenvalue weighted by molar-refractivity contribution is -0.120. The lowest BCUT2D eigenvalue weighted by Gasteiger charge is -2.24. The summed E-state index contributed by atoms with van der Waals surface area (Å²) in [5.74, 6) is -2.38. The number of thiazole rings is 1. The van der Waals surface area contributed by atoms with E-state index in [1.54, 1.807) is 56.3 Å². The van der Waals surface area contributed by atoms with Crippen LogP contribution in [0.3, 0.4) is 0 Å². The third kappa shape index (κ3) is 5.85. The van der Waals surface area contributed by atoms with Crippen LogP contribution in [0.25, 0.3) is 0 Å². The molecule has 1 aliphatic rings. The Bertz CT molecular complexity index is 1680. The van der Waals surface area contributed by atoms with Crippen LogP contribution in [-0.4, -0.2) is 44.5 Å². The molecule has 1 aliphatic heterocycles. The monoisotopic (exact) mass is 611 g/mol. The molecule has 5 rings (SSSR count). The van der Waals surface area contributed by atoms with E-state index in [0.29, 0.717) is 42.5 Å². The van der Waals surface area contributed by atoms with Crippen molar-refractivity contribution in [2.75, 3.05) is 11.5 Å². The Balaban J connectivity index is 1.50. The summed E-state index contributed by atoms with van der Waals surface area (Å²) in [6, 6.07) is 11.7. The maximum Gasteiger partial charge on any atom is 0.296 e. The summed E-state index contributed by atoms with van der Waals surface area (Å²) in [7, 11) is 0. The van der Waals surface area contributed by atoms with E-state index in [9.17, 15) is 23.9 Å². The molecule has 0 bridgehead atoms. The number of hydrogen-bond donors (Lipinski definition) is 2. The third-order valence-corrected chi connectivity index (χ3v) is 9.23. The second-order valence-corrected chi connectivity index (χ2v) is 12.3. The molecular weight excluding hydrogens is 590 g/mol. The number of carbonyl (C=O) groups is 3. The topological polar surface area (TPSA) is 149 Å². The number of halogens is 1. The zero-order chi connectivity index (χ0) is 29.3. The van der Waals surface area contributed by atoms with Crippen LogP contribution in [-0.2, 0) is 15.3 Å². The zero-order valence-corrected chi connectivity index (χ0v) is 24.1. The highest BCUT2D eigenvalue weighted by molar-refractivity contribution is 8.00. The summed E-state index contributed by atoms with van der Waals surface area (Å²) in [5.41, 5.74) is 6.49. The maximum absolute atomic E-state index is 14.1. The van der Waals surface area contributed by atoms with Crippen molar-refractivity contribution in [3.05, 3.63) is 92.4 Å². The summed E-state index contributed by atoms with van der Waals surface area (Å²) in [4.78, 5) is 44.2. The number of nitrogens with zero attached hydrogens (tertiary/aromatic N) is 4. The van der Waals surface area contributed by atoms with Crippen LogP contribution in [0, 0.1) is 19.7 Å². The number of Topliss-reactive ketones (excluding diaryl/α,β-unsaturated/α-hetero) is 1. The predicted molar refractivity (Wildman–Crippen MR) is 153 cm³/mol. The van der Waals surface area contributed by atoms with Crippen molar-refractivity contribution in [2.24, 2.45) is 5.73 Å². The van der Waals surface area contributed by atoms with E-state index >= 15 is 0 Å². The van der Waals surface area contributed by atoms with E-state index < -0.39 is 29.4 Å². The fraction of sp³-hybridized carbons (Fsp3) is 0.185. The average Bonchev–Trinajstić information content (AvgIpc) is 3.62. The second kappa shape index (κ2) is 11.8. The lowest BCUT2D eigenvalue weighted by Crippen LogP contribution is -2.31. The van der Waals surface area contributed by atoms with Crippen molar-refractivity contribution in [3.8, 4) is 5.75 Å². The number of amides is 2. The molecule has 0 radical (unpaired) electrons.